The first-order valence-electron chi connectivity index (χ1n) is 4.56. The maximum atomic E-state index is 6.25. The highest BCUT2D eigenvalue weighted by Crippen LogP contribution is 2.38. The van der Waals surface area contributed by atoms with Gasteiger partial charge in [0.05, 0.1) is 11.1 Å². The van der Waals surface area contributed by atoms with E-state index in [9.17, 15) is 0 Å². The van der Waals surface area contributed by atoms with Crippen LogP contribution in [0.3, 0.4) is 0 Å². The molecule has 0 saturated carbocycles. The van der Waals surface area contributed by atoms with Crippen molar-refractivity contribution in [3.05, 3.63) is 41.6 Å². The van der Waals surface area contributed by atoms with E-state index in [4.69, 9.17) is 17.4 Å². The normalized spacial score (nSPS) is 13.0. The quantitative estimate of drug-likeness (QED) is 0.654. The van der Waals surface area contributed by atoms with Crippen molar-refractivity contribution < 1.29 is 0 Å². The second kappa shape index (κ2) is 5.16. The van der Waals surface area contributed by atoms with Gasteiger partial charge in [-0.25, -0.2) is 5.43 Å². The minimum Gasteiger partial charge on any atom is -0.271 e. The van der Waals surface area contributed by atoms with Gasteiger partial charge < -0.3 is 0 Å². The van der Waals surface area contributed by atoms with Gasteiger partial charge >= 0.3 is 0 Å². The molecule has 0 fully saturated rings. The molecule has 0 radical (unpaired) electrons. The zero-order valence-electron chi connectivity index (χ0n) is 8.46. The highest BCUT2D eigenvalue weighted by atomic mass is 79.9. The van der Waals surface area contributed by atoms with Gasteiger partial charge in [0, 0.05) is 20.3 Å². The fourth-order valence-corrected chi connectivity index (χ4v) is 4.38. The van der Waals surface area contributed by atoms with Crippen LogP contribution in [0.1, 0.15) is 22.0 Å². The Bertz CT molecular complexity index is 495. The number of aryl methyl sites for hydroxylation is 1. The second-order valence-electron chi connectivity index (χ2n) is 3.37. The number of nitrogens with one attached hydrogen (secondary N) is 1. The van der Waals surface area contributed by atoms with Crippen LogP contribution in [0.4, 0.5) is 0 Å². The van der Waals surface area contributed by atoms with E-state index in [1.165, 1.54) is 0 Å². The zero-order valence-corrected chi connectivity index (χ0v) is 12.4. The summed E-state index contributed by atoms with van der Waals surface area (Å²) in [6, 6.07) is -0.0492. The highest BCUT2D eigenvalue weighted by molar-refractivity contribution is 9.10. The molecule has 0 amide bonds. The molecule has 6 heteroatoms. The number of hydrogen-bond acceptors (Lipinski definition) is 4. The van der Waals surface area contributed by atoms with E-state index in [2.05, 4.69) is 26.7 Å². The Morgan fingerprint density at radius 1 is 1.44 bits per heavy atom. The molecule has 86 valence electrons. The van der Waals surface area contributed by atoms with Crippen molar-refractivity contribution in [2.45, 2.75) is 13.0 Å². The van der Waals surface area contributed by atoms with Crippen LogP contribution < -0.4 is 11.3 Å². The Hall–Kier alpha value is 0.0900. The third-order valence-corrected chi connectivity index (χ3v) is 5.84. The predicted octanol–water partition coefficient (Wildman–Crippen LogP) is 4.09. The molecule has 0 aromatic carbocycles. The van der Waals surface area contributed by atoms with Crippen molar-refractivity contribution in [2.75, 3.05) is 0 Å². The summed E-state index contributed by atoms with van der Waals surface area (Å²) in [6.45, 7) is 2.00. The first kappa shape index (κ1) is 12.5. The molecule has 1 unspecified atom stereocenters. The number of nitrogens with two attached hydrogens (primary N) is 1. The number of hydrogen-bond donors (Lipinski definition) is 2. The zero-order chi connectivity index (χ0) is 11.7. The van der Waals surface area contributed by atoms with E-state index in [0.29, 0.717) is 0 Å². The Morgan fingerprint density at radius 2 is 2.19 bits per heavy atom. The average Bonchev–Trinajstić information content (AvgIpc) is 2.81. The number of halogens is 2. The number of rotatable bonds is 3. The van der Waals surface area contributed by atoms with Crippen LogP contribution in [-0.4, -0.2) is 0 Å². The molecular weight excluding hydrogens is 328 g/mol. The van der Waals surface area contributed by atoms with Crippen molar-refractivity contribution in [2.24, 2.45) is 5.84 Å². The molecule has 16 heavy (non-hydrogen) atoms. The SMILES string of the molecule is Cc1csc(C(NN)c2cscc2Br)c1Cl. The van der Waals surface area contributed by atoms with E-state index >= 15 is 0 Å². The Labute approximate surface area is 116 Å². The van der Waals surface area contributed by atoms with Gasteiger partial charge in [0.15, 0.2) is 0 Å². The Morgan fingerprint density at radius 3 is 2.62 bits per heavy atom. The fraction of sp³-hybridized carbons (Fsp3) is 0.200. The highest BCUT2D eigenvalue weighted by Gasteiger charge is 2.21. The molecule has 2 rings (SSSR count). The lowest BCUT2D eigenvalue weighted by atomic mass is 10.1. The minimum absolute atomic E-state index is 0.0492. The molecule has 0 spiro atoms. The van der Waals surface area contributed by atoms with E-state index in [1.807, 2.05) is 17.7 Å². The van der Waals surface area contributed by atoms with Gasteiger partial charge in [0.25, 0.3) is 0 Å². The van der Waals surface area contributed by atoms with Gasteiger partial charge in [0.1, 0.15) is 0 Å². The minimum atomic E-state index is -0.0492. The van der Waals surface area contributed by atoms with Gasteiger partial charge in [-0.15, -0.1) is 11.3 Å². The summed E-state index contributed by atoms with van der Waals surface area (Å²) >= 11 is 13.0. The summed E-state index contributed by atoms with van der Waals surface area (Å²) in [5.74, 6) is 5.62. The summed E-state index contributed by atoms with van der Waals surface area (Å²) < 4.78 is 1.06. The van der Waals surface area contributed by atoms with Crippen molar-refractivity contribution >= 4 is 50.2 Å². The van der Waals surface area contributed by atoms with E-state index < -0.39 is 0 Å². The lowest BCUT2D eigenvalue weighted by Crippen LogP contribution is -2.28. The number of hydrazine groups is 1. The Balaban J connectivity index is 2.45. The van der Waals surface area contributed by atoms with Crippen LogP contribution in [0.15, 0.2) is 20.6 Å². The van der Waals surface area contributed by atoms with Crippen LogP contribution in [0.25, 0.3) is 0 Å². The molecular formula is C10H10BrClN2S2. The first-order valence-corrected chi connectivity index (χ1v) is 7.55. The number of thiophene rings is 2. The molecule has 3 N–H and O–H groups in total. The largest absolute Gasteiger partial charge is 0.271 e. The summed E-state index contributed by atoms with van der Waals surface area (Å²) in [7, 11) is 0. The molecule has 0 bridgehead atoms. The summed E-state index contributed by atoms with van der Waals surface area (Å²) in [5.41, 5.74) is 5.03. The maximum Gasteiger partial charge on any atom is 0.0836 e. The molecule has 2 aromatic rings. The molecule has 1 atom stereocenters. The Kier molecular flexibility index (Phi) is 4.05. The molecule has 2 aromatic heterocycles. The van der Waals surface area contributed by atoms with Crippen molar-refractivity contribution in [1.82, 2.24) is 5.43 Å². The molecule has 0 aliphatic carbocycles. The topological polar surface area (TPSA) is 38.0 Å². The first-order chi connectivity index (χ1) is 7.65. The van der Waals surface area contributed by atoms with Crippen molar-refractivity contribution in [1.29, 1.82) is 0 Å². The van der Waals surface area contributed by atoms with Crippen molar-refractivity contribution in [3.8, 4) is 0 Å². The summed E-state index contributed by atoms with van der Waals surface area (Å²) in [6.07, 6.45) is 0. The van der Waals surface area contributed by atoms with E-state index in [0.717, 1.165) is 25.5 Å². The molecule has 2 nitrogen and oxygen atoms in total. The van der Waals surface area contributed by atoms with Crippen LogP contribution in [0.5, 0.6) is 0 Å². The third-order valence-electron chi connectivity index (χ3n) is 2.31. The standard InChI is InChI=1S/C10H10BrClN2S2/c1-5-2-16-10(8(5)12)9(14-13)6-3-15-4-7(6)11/h2-4,9,14H,13H2,1H3. The second-order valence-corrected chi connectivity index (χ2v) is 6.26. The van der Waals surface area contributed by atoms with Crippen LogP contribution in [-0.2, 0) is 0 Å². The van der Waals surface area contributed by atoms with E-state index in [-0.39, 0.29) is 6.04 Å². The van der Waals surface area contributed by atoms with Crippen molar-refractivity contribution in [3.63, 3.8) is 0 Å². The molecule has 0 saturated heterocycles. The average molecular weight is 338 g/mol. The smallest absolute Gasteiger partial charge is 0.0836 e. The molecule has 0 aliphatic rings. The lowest BCUT2D eigenvalue weighted by Gasteiger charge is -2.14. The van der Waals surface area contributed by atoms with E-state index in [1.54, 1.807) is 22.7 Å². The van der Waals surface area contributed by atoms with Gasteiger partial charge in [-0.3, -0.25) is 5.84 Å². The van der Waals surface area contributed by atoms with Gasteiger partial charge in [0.2, 0.25) is 0 Å². The van der Waals surface area contributed by atoms with Gasteiger partial charge in [-0.2, -0.15) is 11.3 Å². The van der Waals surface area contributed by atoms with Crippen LogP contribution >= 0.6 is 50.2 Å². The van der Waals surface area contributed by atoms with Crippen LogP contribution in [0.2, 0.25) is 5.02 Å². The summed E-state index contributed by atoms with van der Waals surface area (Å²) in [4.78, 5) is 1.06. The third kappa shape index (κ3) is 2.20. The van der Waals surface area contributed by atoms with Gasteiger partial charge in [-0.1, -0.05) is 11.6 Å². The monoisotopic (exact) mass is 336 g/mol. The summed E-state index contributed by atoms with van der Waals surface area (Å²) in [5, 5.41) is 6.95. The predicted molar refractivity (Wildman–Crippen MR) is 75.3 cm³/mol. The maximum absolute atomic E-state index is 6.25. The van der Waals surface area contributed by atoms with Gasteiger partial charge in [-0.05, 0) is 39.2 Å². The molecule has 0 aliphatic heterocycles. The molecule has 2 heterocycles. The lowest BCUT2D eigenvalue weighted by molar-refractivity contribution is 0.646. The van der Waals surface area contributed by atoms with Crippen LogP contribution in [0, 0.1) is 6.92 Å². The fourth-order valence-electron chi connectivity index (χ4n) is 1.45.